The molecule has 0 N–H and O–H groups in total. The first-order valence-corrected chi connectivity index (χ1v) is 16.2. The van der Waals surface area contributed by atoms with E-state index in [0.29, 0.717) is 4.32 Å². The van der Waals surface area contributed by atoms with Gasteiger partial charge in [0.15, 0.2) is 4.32 Å². The molecule has 0 aromatic rings. The van der Waals surface area contributed by atoms with Crippen molar-refractivity contribution >= 4 is 39.9 Å². The minimum absolute atomic E-state index is 0.126. The Kier molecular flexibility index (Phi) is 27.4. The van der Waals surface area contributed by atoms with Gasteiger partial charge in [0.2, 0.25) is 0 Å². The van der Waals surface area contributed by atoms with Crippen molar-refractivity contribution in [2.75, 3.05) is 11.5 Å². The van der Waals surface area contributed by atoms with Crippen LogP contribution in [0.15, 0.2) is 4.36 Å². The highest BCUT2D eigenvalue weighted by molar-refractivity contribution is 8.11. The van der Waals surface area contributed by atoms with E-state index in [1.807, 2.05) is 0 Å². The van der Waals surface area contributed by atoms with Gasteiger partial charge in [0.25, 0.3) is 0 Å². The van der Waals surface area contributed by atoms with Gasteiger partial charge >= 0.3 is 0 Å². The van der Waals surface area contributed by atoms with E-state index in [4.69, 9.17) is 12.2 Å². The average molecular weight is 490 g/mol. The van der Waals surface area contributed by atoms with E-state index in [9.17, 15) is 0 Å². The van der Waals surface area contributed by atoms with Crippen molar-refractivity contribution < 1.29 is 0 Å². The Morgan fingerprint density at radius 1 is 0.516 bits per heavy atom. The van der Waals surface area contributed by atoms with Crippen LogP contribution in [-0.4, -0.2) is 15.8 Å². The molecule has 0 bridgehead atoms. The normalized spacial score (nSPS) is 11.4. The molecular weight excluding hydrogens is 435 g/mol. The molecule has 0 atom stereocenters. The lowest BCUT2D eigenvalue weighted by atomic mass is 10.1. The van der Waals surface area contributed by atoms with E-state index in [-0.39, 0.29) is 10.7 Å². The molecule has 0 radical (unpaired) electrons. The number of hydrogen-bond acceptors (Lipinski definition) is 1. The molecule has 31 heavy (non-hydrogen) atoms. The summed E-state index contributed by atoms with van der Waals surface area (Å²) in [6, 6.07) is 0. The van der Waals surface area contributed by atoms with Crippen LogP contribution in [0, 0.1) is 0 Å². The molecule has 0 aromatic carbocycles. The smallest absolute Gasteiger partial charge is 0.163 e. The Labute approximate surface area is 210 Å². The van der Waals surface area contributed by atoms with Crippen LogP contribution < -0.4 is 0 Å². The number of thiocarbonyl (C=S) groups is 1. The molecule has 0 aliphatic carbocycles. The number of rotatable bonds is 24. The predicted octanol–water partition coefficient (Wildman–Crippen LogP) is 10.6. The Morgan fingerprint density at radius 3 is 1.03 bits per heavy atom. The molecule has 0 rings (SSSR count). The Balaban J connectivity index is 3.59. The van der Waals surface area contributed by atoms with E-state index in [2.05, 4.69) is 30.8 Å². The first-order chi connectivity index (χ1) is 15.2. The zero-order valence-corrected chi connectivity index (χ0v) is 23.7. The van der Waals surface area contributed by atoms with Gasteiger partial charge in [-0.2, -0.15) is 0 Å². The summed E-state index contributed by atoms with van der Waals surface area (Å²) in [7, 11) is 0.126. The van der Waals surface area contributed by atoms with E-state index in [1.54, 1.807) is 0 Å². The van der Waals surface area contributed by atoms with Gasteiger partial charge in [-0.1, -0.05) is 165 Å². The molecule has 0 amide bonds. The molecule has 4 heteroatoms. The van der Waals surface area contributed by atoms with Crippen LogP contribution in [0.4, 0.5) is 0 Å². The Bertz CT molecular complexity index is 381. The number of unbranched alkanes of at least 4 members (excludes halogenated alkanes) is 20. The molecule has 0 saturated carbocycles. The lowest BCUT2D eigenvalue weighted by molar-refractivity contribution is 0.554. The minimum Gasteiger partial charge on any atom is -0.209 e. The summed E-state index contributed by atoms with van der Waals surface area (Å²) in [4.78, 5) is 0. The monoisotopic (exact) mass is 489 g/mol. The van der Waals surface area contributed by atoms with Crippen molar-refractivity contribution in [3.63, 3.8) is 0 Å². The third kappa shape index (κ3) is 26.7. The molecule has 1 nitrogen and oxygen atoms in total. The molecule has 186 valence electrons. The molecule has 0 aliphatic heterocycles. The zero-order valence-electron chi connectivity index (χ0n) is 21.2. The summed E-state index contributed by atoms with van der Waals surface area (Å²) >= 11 is 9.42. The summed E-state index contributed by atoms with van der Waals surface area (Å²) in [5.41, 5.74) is 0. The van der Waals surface area contributed by atoms with Gasteiger partial charge in [-0.05, 0) is 12.8 Å². The number of hydrogen-bond donors (Lipinski definition) is 1. The van der Waals surface area contributed by atoms with Gasteiger partial charge in [-0.15, -0.1) is 12.6 Å². The largest absolute Gasteiger partial charge is 0.209 e. The van der Waals surface area contributed by atoms with Crippen LogP contribution in [0.1, 0.15) is 155 Å². The predicted molar refractivity (Wildman–Crippen MR) is 154 cm³/mol. The highest BCUT2D eigenvalue weighted by atomic mass is 32.2. The van der Waals surface area contributed by atoms with Crippen molar-refractivity contribution in [3.8, 4) is 0 Å². The van der Waals surface area contributed by atoms with Crippen LogP contribution in [0.5, 0.6) is 0 Å². The van der Waals surface area contributed by atoms with Crippen LogP contribution in [0.25, 0.3) is 0 Å². The van der Waals surface area contributed by atoms with Crippen molar-refractivity contribution in [3.05, 3.63) is 0 Å². The lowest BCUT2D eigenvalue weighted by Crippen LogP contribution is -2.04. The fourth-order valence-corrected chi connectivity index (χ4v) is 6.51. The molecule has 0 saturated heterocycles. The fourth-order valence-electron chi connectivity index (χ4n) is 4.17. The van der Waals surface area contributed by atoms with Crippen molar-refractivity contribution in [2.45, 2.75) is 155 Å². The van der Waals surface area contributed by atoms with E-state index in [0.717, 1.165) is 0 Å². The highest BCUT2D eigenvalue weighted by Crippen LogP contribution is 2.14. The molecule has 0 fully saturated rings. The van der Waals surface area contributed by atoms with Gasteiger partial charge in [-0.25, -0.2) is 4.36 Å². The Hall–Kier alpha value is 0.590. The van der Waals surface area contributed by atoms with Gasteiger partial charge in [0, 0.05) is 11.5 Å². The summed E-state index contributed by atoms with van der Waals surface area (Å²) in [5, 5.41) is 0. The first kappa shape index (κ1) is 31.6. The summed E-state index contributed by atoms with van der Waals surface area (Å²) < 4.78 is 5.23. The fraction of sp³-hybridized carbons (Fsp3) is 0.963. The molecular formula is C27H55NS3. The second kappa shape index (κ2) is 26.8. The second-order valence-corrected chi connectivity index (χ2v) is 12.4. The van der Waals surface area contributed by atoms with E-state index >= 15 is 0 Å². The SMILES string of the molecule is CCCCCCCCCCCCCS(CCCCCCCCCCCCC)=NC(=S)S. The zero-order chi connectivity index (χ0) is 22.8. The topological polar surface area (TPSA) is 12.4 Å². The quantitative estimate of drug-likeness (QED) is 0.0807. The van der Waals surface area contributed by atoms with Crippen molar-refractivity contribution in [1.29, 1.82) is 0 Å². The Morgan fingerprint density at radius 2 is 0.774 bits per heavy atom. The summed E-state index contributed by atoms with van der Waals surface area (Å²) in [5.74, 6) is 2.46. The third-order valence-electron chi connectivity index (χ3n) is 6.17. The van der Waals surface area contributed by atoms with Crippen molar-refractivity contribution in [1.82, 2.24) is 0 Å². The van der Waals surface area contributed by atoms with Crippen molar-refractivity contribution in [2.24, 2.45) is 4.36 Å². The molecule has 0 spiro atoms. The van der Waals surface area contributed by atoms with Crippen LogP contribution in [0.3, 0.4) is 0 Å². The van der Waals surface area contributed by atoms with Crippen LogP contribution in [0.2, 0.25) is 0 Å². The highest BCUT2D eigenvalue weighted by Gasteiger charge is 2.01. The third-order valence-corrected chi connectivity index (χ3v) is 8.58. The minimum atomic E-state index is 0.126. The standard InChI is InChI=1S/C27H55NS3/c1-3-5-7-9-11-13-15-17-19-21-23-25-31(28-27(29)30)26-24-22-20-18-16-14-12-10-8-6-4-2/h3-26H2,1-2H3,(H,29,30). The van der Waals surface area contributed by atoms with Crippen LogP contribution >= 0.6 is 24.8 Å². The maximum absolute atomic E-state index is 5.15. The van der Waals surface area contributed by atoms with Gasteiger partial charge in [0.1, 0.15) is 0 Å². The molecule has 0 aliphatic rings. The first-order valence-electron chi connectivity index (χ1n) is 13.8. The maximum Gasteiger partial charge on any atom is 0.163 e. The van der Waals surface area contributed by atoms with Gasteiger partial charge in [-0.3, -0.25) is 0 Å². The van der Waals surface area contributed by atoms with E-state index in [1.165, 1.54) is 153 Å². The lowest BCUT2D eigenvalue weighted by Gasteiger charge is -2.08. The number of thiol groups is 1. The average Bonchev–Trinajstić information content (AvgIpc) is 2.75. The molecule has 0 aromatic heterocycles. The second-order valence-electron chi connectivity index (χ2n) is 9.32. The summed E-state index contributed by atoms with van der Waals surface area (Å²) in [6.45, 7) is 4.58. The maximum atomic E-state index is 5.15. The van der Waals surface area contributed by atoms with Gasteiger partial charge < -0.3 is 0 Å². The van der Waals surface area contributed by atoms with Crippen LogP contribution in [-0.2, 0) is 10.7 Å². The van der Waals surface area contributed by atoms with Gasteiger partial charge in [0.05, 0.1) is 0 Å². The van der Waals surface area contributed by atoms with E-state index < -0.39 is 0 Å². The molecule has 0 heterocycles. The molecule has 0 unspecified atom stereocenters. The summed E-state index contributed by atoms with van der Waals surface area (Å²) in [6.07, 6.45) is 31.0. The number of nitrogens with zero attached hydrogens (tertiary/aromatic N) is 1.